The second kappa shape index (κ2) is 5.99. The Morgan fingerprint density at radius 1 is 1.53 bits per heavy atom. The standard InChI is InChI=1S/C13H15N3O3/c1-9-8-10(19-16-9)5-7-14-12(17)11-4-3-6-15-13(11)18-2/h3-4,6,8H,5,7H2,1-2H3,(H,14,17). The van der Waals surface area contributed by atoms with Crippen molar-refractivity contribution >= 4 is 5.91 Å². The Morgan fingerprint density at radius 2 is 2.37 bits per heavy atom. The molecule has 0 spiro atoms. The van der Waals surface area contributed by atoms with Gasteiger partial charge in [0.05, 0.1) is 12.8 Å². The molecular formula is C13H15N3O3. The maximum Gasteiger partial charge on any atom is 0.256 e. The Labute approximate surface area is 110 Å². The van der Waals surface area contributed by atoms with Gasteiger partial charge < -0.3 is 14.6 Å². The summed E-state index contributed by atoms with van der Waals surface area (Å²) in [6, 6.07) is 5.20. The van der Waals surface area contributed by atoms with Gasteiger partial charge in [0.15, 0.2) is 0 Å². The van der Waals surface area contributed by atoms with Crippen molar-refractivity contribution in [2.24, 2.45) is 0 Å². The SMILES string of the molecule is COc1ncccc1C(=O)NCCc1cc(C)no1. The van der Waals surface area contributed by atoms with Gasteiger partial charge in [0.1, 0.15) is 11.3 Å². The molecule has 2 aromatic rings. The Morgan fingerprint density at radius 3 is 3.05 bits per heavy atom. The predicted molar refractivity (Wildman–Crippen MR) is 68.1 cm³/mol. The van der Waals surface area contributed by atoms with Crippen LogP contribution in [0, 0.1) is 6.92 Å². The highest BCUT2D eigenvalue weighted by Crippen LogP contribution is 2.13. The minimum absolute atomic E-state index is 0.221. The third-order valence-electron chi connectivity index (χ3n) is 2.54. The summed E-state index contributed by atoms with van der Waals surface area (Å²) >= 11 is 0. The molecule has 0 aliphatic carbocycles. The number of hydrogen-bond donors (Lipinski definition) is 1. The molecule has 1 N–H and O–H groups in total. The third-order valence-corrected chi connectivity index (χ3v) is 2.54. The van der Waals surface area contributed by atoms with Crippen LogP contribution in [0.4, 0.5) is 0 Å². The van der Waals surface area contributed by atoms with Gasteiger partial charge in [-0.2, -0.15) is 0 Å². The van der Waals surface area contributed by atoms with Crippen molar-refractivity contribution < 1.29 is 14.1 Å². The zero-order valence-corrected chi connectivity index (χ0v) is 10.8. The van der Waals surface area contributed by atoms with E-state index in [2.05, 4.69) is 15.5 Å². The zero-order valence-electron chi connectivity index (χ0n) is 10.8. The van der Waals surface area contributed by atoms with Crippen molar-refractivity contribution in [1.82, 2.24) is 15.5 Å². The number of aryl methyl sites for hydroxylation is 1. The molecule has 1 amide bonds. The van der Waals surface area contributed by atoms with Crippen LogP contribution in [-0.2, 0) is 6.42 Å². The summed E-state index contributed by atoms with van der Waals surface area (Å²) in [5.74, 6) is 0.840. The lowest BCUT2D eigenvalue weighted by Crippen LogP contribution is -2.26. The highest BCUT2D eigenvalue weighted by atomic mass is 16.5. The highest BCUT2D eigenvalue weighted by molar-refractivity contribution is 5.96. The Balaban J connectivity index is 1.90. The van der Waals surface area contributed by atoms with E-state index in [1.807, 2.05) is 13.0 Å². The summed E-state index contributed by atoms with van der Waals surface area (Å²) in [4.78, 5) is 15.9. The first-order valence-corrected chi connectivity index (χ1v) is 5.90. The lowest BCUT2D eigenvalue weighted by Gasteiger charge is -2.07. The summed E-state index contributed by atoms with van der Waals surface area (Å²) in [5, 5.41) is 6.57. The number of ether oxygens (including phenoxy) is 1. The lowest BCUT2D eigenvalue weighted by atomic mass is 10.2. The lowest BCUT2D eigenvalue weighted by molar-refractivity contribution is 0.0949. The van der Waals surface area contributed by atoms with E-state index in [1.165, 1.54) is 7.11 Å². The summed E-state index contributed by atoms with van der Waals surface area (Å²) < 4.78 is 10.1. The van der Waals surface area contributed by atoms with Gasteiger partial charge in [-0.15, -0.1) is 0 Å². The van der Waals surface area contributed by atoms with Gasteiger partial charge >= 0.3 is 0 Å². The fraction of sp³-hybridized carbons (Fsp3) is 0.308. The predicted octanol–water partition coefficient (Wildman–Crippen LogP) is 1.36. The van der Waals surface area contributed by atoms with E-state index in [4.69, 9.17) is 9.26 Å². The molecule has 0 bridgehead atoms. The molecule has 6 nitrogen and oxygen atoms in total. The van der Waals surface area contributed by atoms with Gasteiger partial charge in [-0.25, -0.2) is 4.98 Å². The monoisotopic (exact) mass is 261 g/mol. The number of pyridine rings is 1. The van der Waals surface area contributed by atoms with Crippen molar-refractivity contribution in [2.75, 3.05) is 13.7 Å². The first-order valence-electron chi connectivity index (χ1n) is 5.90. The quantitative estimate of drug-likeness (QED) is 0.879. The number of nitrogens with one attached hydrogen (secondary N) is 1. The number of hydrogen-bond acceptors (Lipinski definition) is 5. The third kappa shape index (κ3) is 3.31. The molecule has 0 aromatic carbocycles. The number of rotatable bonds is 5. The molecule has 19 heavy (non-hydrogen) atoms. The normalized spacial score (nSPS) is 10.2. The van der Waals surface area contributed by atoms with Gasteiger partial charge in [-0.1, -0.05) is 5.16 Å². The van der Waals surface area contributed by atoms with Crippen LogP contribution in [0.15, 0.2) is 28.9 Å². The average Bonchev–Trinajstić information content (AvgIpc) is 2.84. The van der Waals surface area contributed by atoms with Crippen LogP contribution in [0.3, 0.4) is 0 Å². The summed E-state index contributed by atoms with van der Waals surface area (Å²) in [6.45, 7) is 2.32. The van der Waals surface area contributed by atoms with Crippen LogP contribution in [0.2, 0.25) is 0 Å². The van der Waals surface area contributed by atoms with Crippen molar-refractivity contribution in [1.29, 1.82) is 0 Å². The van der Waals surface area contributed by atoms with Crippen LogP contribution in [0.25, 0.3) is 0 Å². The first kappa shape index (κ1) is 13.1. The average molecular weight is 261 g/mol. The van der Waals surface area contributed by atoms with Crippen LogP contribution in [-0.4, -0.2) is 29.7 Å². The number of nitrogens with zero attached hydrogens (tertiary/aromatic N) is 2. The second-order valence-electron chi connectivity index (χ2n) is 4.00. The van der Waals surface area contributed by atoms with Gasteiger partial charge in [0.25, 0.3) is 5.91 Å². The van der Waals surface area contributed by atoms with Gasteiger partial charge in [0, 0.05) is 25.2 Å². The molecule has 0 saturated carbocycles. The molecular weight excluding hydrogens is 246 g/mol. The Kier molecular flexibility index (Phi) is 4.12. The molecule has 6 heteroatoms. The maximum atomic E-state index is 11.9. The van der Waals surface area contributed by atoms with E-state index in [1.54, 1.807) is 18.3 Å². The van der Waals surface area contributed by atoms with E-state index in [0.717, 1.165) is 11.5 Å². The molecule has 0 atom stereocenters. The number of carbonyl (C=O) groups is 1. The fourth-order valence-electron chi connectivity index (χ4n) is 1.65. The number of aromatic nitrogens is 2. The Hall–Kier alpha value is -2.37. The molecule has 2 rings (SSSR count). The fourth-order valence-corrected chi connectivity index (χ4v) is 1.65. The molecule has 0 radical (unpaired) electrons. The summed E-state index contributed by atoms with van der Waals surface area (Å²) in [6.07, 6.45) is 2.17. The molecule has 2 aromatic heterocycles. The molecule has 0 saturated heterocycles. The Bertz CT molecular complexity index is 566. The number of methoxy groups -OCH3 is 1. The minimum atomic E-state index is -0.221. The first-order chi connectivity index (χ1) is 9.20. The van der Waals surface area contributed by atoms with E-state index < -0.39 is 0 Å². The van der Waals surface area contributed by atoms with Crippen molar-refractivity contribution in [3.63, 3.8) is 0 Å². The van der Waals surface area contributed by atoms with Gasteiger partial charge in [-0.05, 0) is 19.1 Å². The summed E-state index contributed by atoms with van der Waals surface area (Å²) in [5.41, 5.74) is 1.24. The largest absolute Gasteiger partial charge is 0.480 e. The molecule has 100 valence electrons. The van der Waals surface area contributed by atoms with E-state index in [9.17, 15) is 4.79 Å². The molecule has 0 unspecified atom stereocenters. The molecule has 0 aliphatic heterocycles. The molecule has 0 fully saturated rings. The van der Waals surface area contributed by atoms with Gasteiger partial charge in [0.2, 0.25) is 5.88 Å². The minimum Gasteiger partial charge on any atom is -0.480 e. The van der Waals surface area contributed by atoms with Crippen molar-refractivity contribution in [3.8, 4) is 5.88 Å². The second-order valence-corrected chi connectivity index (χ2v) is 4.00. The summed E-state index contributed by atoms with van der Waals surface area (Å²) in [7, 11) is 1.48. The van der Waals surface area contributed by atoms with E-state index in [0.29, 0.717) is 24.4 Å². The maximum absolute atomic E-state index is 11.9. The van der Waals surface area contributed by atoms with Crippen molar-refractivity contribution in [3.05, 3.63) is 41.4 Å². The molecule has 0 aliphatic rings. The van der Waals surface area contributed by atoms with Gasteiger partial charge in [-0.3, -0.25) is 4.79 Å². The van der Waals surface area contributed by atoms with Crippen LogP contribution in [0.1, 0.15) is 21.8 Å². The highest BCUT2D eigenvalue weighted by Gasteiger charge is 2.12. The van der Waals surface area contributed by atoms with E-state index in [-0.39, 0.29) is 5.91 Å². The van der Waals surface area contributed by atoms with Crippen molar-refractivity contribution in [2.45, 2.75) is 13.3 Å². The smallest absolute Gasteiger partial charge is 0.256 e. The molecule has 2 heterocycles. The van der Waals surface area contributed by atoms with E-state index >= 15 is 0 Å². The number of amides is 1. The van der Waals surface area contributed by atoms with Crippen LogP contribution >= 0.6 is 0 Å². The topological polar surface area (TPSA) is 77.2 Å². The zero-order chi connectivity index (χ0) is 13.7. The van der Waals surface area contributed by atoms with Crippen LogP contribution < -0.4 is 10.1 Å². The van der Waals surface area contributed by atoms with Crippen LogP contribution in [0.5, 0.6) is 5.88 Å². The number of carbonyl (C=O) groups excluding carboxylic acids is 1.